The Morgan fingerprint density at radius 3 is 2.77 bits per heavy atom. The lowest BCUT2D eigenvalue weighted by Gasteiger charge is -2.36. The second-order valence-corrected chi connectivity index (χ2v) is 8.08. The van der Waals surface area contributed by atoms with Gasteiger partial charge in [0.1, 0.15) is 5.82 Å². The number of aromatic nitrogens is 2. The van der Waals surface area contributed by atoms with Gasteiger partial charge in [-0.3, -0.25) is 0 Å². The van der Waals surface area contributed by atoms with Crippen LogP contribution < -0.4 is 16.4 Å². The Hall–Kier alpha value is -2.37. The number of nitrogens with one attached hydrogen (secondary N) is 2. The molecule has 0 aromatic carbocycles. The third-order valence-electron chi connectivity index (χ3n) is 5.31. The molecule has 0 spiro atoms. The van der Waals surface area contributed by atoms with Crippen molar-refractivity contribution < 1.29 is 22.7 Å². The van der Waals surface area contributed by atoms with Crippen LogP contribution in [0, 0.1) is 0 Å². The van der Waals surface area contributed by atoms with Crippen molar-refractivity contribution >= 4 is 28.4 Å². The van der Waals surface area contributed by atoms with Crippen LogP contribution in [0.2, 0.25) is 0 Å². The Morgan fingerprint density at radius 1 is 1.23 bits per heavy atom. The number of rotatable bonds is 6. The highest BCUT2D eigenvalue weighted by Crippen LogP contribution is 2.34. The monoisotopic (exact) mass is 443 g/mol. The van der Waals surface area contributed by atoms with Crippen LogP contribution in [0.5, 0.6) is 0 Å². The minimum atomic E-state index is -2.94. The number of fused-ring (bicyclic) bond motifs is 1. The molecule has 0 amide bonds. The highest BCUT2D eigenvalue weighted by molar-refractivity contribution is 7.08. The predicted octanol–water partition coefficient (Wildman–Crippen LogP) is 4.36. The second kappa shape index (κ2) is 8.05. The molecule has 1 saturated carbocycles. The molecule has 3 aromatic rings. The molecule has 3 heterocycles. The number of halogens is 4. The number of nitrogens with two attached hydrogens (primary N) is 1. The SMILES string of the molecule is N[C@@H]1[C@H](Nc2ccc3ccc(C(O)Nc4cscc4C(F)F)n3n2)CCCC1(F)F. The Kier molecular flexibility index (Phi) is 5.60. The van der Waals surface area contributed by atoms with Gasteiger partial charge in [0.15, 0.2) is 6.23 Å². The lowest BCUT2D eigenvalue weighted by atomic mass is 9.87. The number of anilines is 2. The number of hydrogen-bond donors (Lipinski definition) is 4. The van der Waals surface area contributed by atoms with E-state index in [0.29, 0.717) is 29.9 Å². The summed E-state index contributed by atoms with van der Waals surface area (Å²) >= 11 is 1.10. The first-order valence-electron chi connectivity index (χ1n) is 9.44. The molecule has 4 rings (SSSR count). The van der Waals surface area contributed by atoms with Crippen LogP contribution in [0.15, 0.2) is 35.0 Å². The number of hydrogen-bond acceptors (Lipinski definition) is 6. The second-order valence-electron chi connectivity index (χ2n) is 7.33. The van der Waals surface area contributed by atoms with E-state index in [4.69, 9.17) is 5.73 Å². The van der Waals surface area contributed by atoms with Gasteiger partial charge in [-0.2, -0.15) is 5.10 Å². The van der Waals surface area contributed by atoms with Gasteiger partial charge in [0.25, 0.3) is 12.3 Å². The van der Waals surface area contributed by atoms with Gasteiger partial charge in [-0.05, 0) is 37.1 Å². The van der Waals surface area contributed by atoms with Gasteiger partial charge in [-0.25, -0.2) is 22.1 Å². The van der Waals surface area contributed by atoms with Crippen LogP contribution in [-0.4, -0.2) is 32.7 Å². The summed E-state index contributed by atoms with van der Waals surface area (Å²) in [6, 6.07) is 4.71. The quantitative estimate of drug-likeness (QED) is 0.336. The van der Waals surface area contributed by atoms with Crippen molar-refractivity contribution in [3.8, 4) is 0 Å². The van der Waals surface area contributed by atoms with E-state index in [9.17, 15) is 22.7 Å². The molecule has 11 heteroatoms. The lowest BCUT2D eigenvalue weighted by Crippen LogP contribution is -2.55. The van der Waals surface area contributed by atoms with E-state index < -0.39 is 30.7 Å². The van der Waals surface area contributed by atoms with E-state index >= 15 is 0 Å². The molecule has 1 aliphatic rings. The van der Waals surface area contributed by atoms with Gasteiger partial charge < -0.3 is 21.5 Å². The topological polar surface area (TPSA) is 87.6 Å². The van der Waals surface area contributed by atoms with E-state index in [-0.39, 0.29) is 17.7 Å². The molecule has 0 bridgehead atoms. The van der Waals surface area contributed by atoms with Crippen LogP contribution in [0.25, 0.3) is 5.52 Å². The Bertz CT molecular complexity index is 1020. The summed E-state index contributed by atoms with van der Waals surface area (Å²) in [7, 11) is 0. The van der Waals surface area contributed by atoms with Crippen molar-refractivity contribution in [2.24, 2.45) is 5.73 Å². The van der Waals surface area contributed by atoms with Crippen LogP contribution in [0.1, 0.15) is 43.2 Å². The molecular formula is C19H21F4N5OS. The van der Waals surface area contributed by atoms with E-state index in [0.717, 1.165) is 11.3 Å². The molecule has 162 valence electrons. The smallest absolute Gasteiger partial charge is 0.266 e. The maximum absolute atomic E-state index is 13.9. The Labute approximate surface area is 173 Å². The van der Waals surface area contributed by atoms with Crippen LogP contribution in [0.4, 0.5) is 29.1 Å². The van der Waals surface area contributed by atoms with Gasteiger partial charge in [-0.1, -0.05) is 0 Å². The van der Waals surface area contributed by atoms with Gasteiger partial charge in [0.2, 0.25) is 0 Å². The molecule has 5 N–H and O–H groups in total. The summed E-state index contributed by atoms with van der Waals surface area (Å²) in [4.78, 5) is 0. The molecule has 6 nitrogen and oxygen atoms in total. The Morgan fingerprint density at radius 2 is 2.00 bits per heavy atom. The molecule has 3 atom stereocenters. The minimum Gasteiger partial charge on any atom is -0.368 e. The largest absolute Gasteiger partial charge is 0.368 e. The fourth-order valence-electron chi connectivity index (χ4n) is 3.66. The molecule has 1 aliphatic carbocycles. The van der Waals surface area contributed by atoms with Crippen molar-refractivity contribution in [2.45, 2.75) is 49.9 Å². The van der Waals surface area contributed by atoms with Crippen molar-refractivity contribution in [1.29, 1.82) is 0 Å². The van der Waals surface area contributed by atoms with Crippen LogP contribution in [0.3, 0.4) is 0 Å². The van der Waals surface area contributed by atoms with Gasteiger partial charge >= 0.3 is 0 Å². The molecule has 30 heavy (non-hydrogen) atoms. The van der Waals surface area contributed by atoms with Crippen molar-refractivity contribution in [3.63, 3.8) is 0 Å². The highest BCUT2D eigenvalue weighted by atomic mass is 32.1. The van der Waals surface area contributed by atoms with Crippen molar-refractivity contribution in [2.75, 3.05) is 10.6 Å². The summed E-state index contributed by atoms with van der Waals surface area (Å²) in [5.74, 6) is -2.61. The van der Waals surface area contributed by atoms with E-state index in [1.165, 1.54) is 15.3 Å². The summed E-state index contributed by atoms with van der Waals surface area (Å²) in [5.41, 5.74) is 6.65. The average molecular weight is 443 g/mol. The summed E-state index contributed by atoms with van der Waals surface area (Å²) in [5, 5.41) is 23.4. The fourth-order valence-corrected chi connectivity index (χ4v) is 4.44. The number of nitrogens with zero attached hydrogens (tertiary/aromatic N) is 2. The predicted molar refractivity (Wildman–Crippen MR) is 107 cm³/mol. The van der Waals surface area contributed by atoms with Crippen LogP contribution in [-0.2, 0) is 0 Å². The first kappa shape index (κ1) is 20.9. The molecule has 0 radical (unpaired) electrons. The lowest BCUT2D eigenvalue weighted by molar-refractivity contribution is -0.0554. The number of thiophene rings is 1. The van der Waals surface area contributed by atoms with Crippen LogP contribution >= 0.6 is 11.3 Å². The summed E-state index contributed by atoms with van der Waals surface area (Å²) in [6.45, 7) is 0. The van der Waals surface area contributed by atoms with E-state index in [2.05, 4.69) is 15.7 Å². The molecule has 0 aliphatic heterocycles. The van der Waals surface area contributed by atoms with Gasteiger partial charge in [0.05, 0.1) is 28.5 Å². The average Bonchev–Trinajstić information content (AvgIpc) is 3.32. The maximum atomic E-state index is 13.9. The molecule has 1 fully saturated rings. The highest BCUT2D eigenvalue weighted by Gasteiger charge is 2.44. The van der Waals surface area contributed by atoms with E-state index in [1.54, 1.807) is 24.3 Å². The normalized spacial score (nSPS) is 22.4. The third-order valence-corrected chi connectivity index (χ3v) is 6.07. The fraction of sp³-hybridized carbons (Fsp3) is 0.421. The molecule has 3 aromatic heterocycles. The maximum Gasteiger partial charge on any atom is 0.266 e. The van der Waals surface area contributed by atoms with Crippen molar-refractivity contribution in [1.82, 2.24) is 9.61 Å². The summed E-state index contributed by atoms with van der Waals surface area (Å²) in [6.07, 6.45) is -3.36. The van der Waals surface area contributed by atoms with E-state index in [1.807, 2.05) is 0 Å². The third kappa shape index (κ3) is 3.96. The number of aliphatic hydroxyl groups excluding tert-OH is 1. The zero-order valence-electron chi connectivity index (χ0n) is 15.7. The standard InChI is InChI=1S/C19H21F4N5OS/c20-17(21)11-8-30-9-13(11)26-18(29)14-5-3-10-4-6-15(27-28(10)14)25-12-2-1-7-19(22,23)16(12)24/h3-6,8-9,12,16-18,26,29H,1-2,7,24H2,(H,25,27)/t12-,16-,18?/m1/s1. The molecular weight excluding hydrogens is 422 g/mol. The van der Waals surface area contributed by atoms with Crippen molar-refractivity contribution in [3.05, 3.63) is 46.3 Å². The van der Waals surface area contributed by atoms with Gasteiger partial charge in [0, 0.05) is 23.2 Å². The Balaban J connectivity index is 1.56. The zero-order chi connectivity index (χ0) is 21.5. The molecule has 1 unspecified atom stereocenters. The number of alkyl halides is 4. The molecule has 0 saturated heterocycles. The summed E-state index contributed by atoms with van der Waals surface area (Å²) < 4.78 is 55.4. The number of aliphatic hydroxyl groups is 1. The zero-order valence-corrected chi connectivity index (χ0v) is 16.6. The first-order chi connectivity index (χ1) is 14.3. The van der Waals surface area contributed by atoms with Gasteiger partial charge in [-0.15, -0.1) is 11.3 Å². The minimum absolute atomic E-state index is 0.141. The first-order valence-corrected chi connectivity index (χ1v) is 10.4.